The van der Waals surface area contributed by atoms with E-state index < -0.39 is 0 Å². The molecule has 1 fully saturated rings. The molecular weight excluding hydrogens is 242 g/mol. The van der Waals surface area contributed by atoms with Gasteiger partial charge >= 0.3 is 0 Å². The largest absolute Gasteiger partial charge is 0.309 e. The van der Waals surface area contributed by atoms with E-state index in [0.717, 1.165) is 6.54 Å². The fraction of sp³-hybridized carbons (Fsp3) is 0.368. The maximum absolute atomic E-state index is 3.72. The Hall–Kier alpha value is -1.60. The first-order valence-corrected chi connectivity index (χ1v) is 7.53. The average molecular weight is 265 g/mol. The lowest BCUT2D eigenvalue weighted by Crippen LogP contribution is -2.19. The van der Waals surface area contributed by atoms with Crippen molar-refractivity contribution >= 4 is 0 Å². The van der Waals surface area contributed by atoms with Crippen LogP contribution in [0.2, 0.25) is 0 Å². The van der Waals surface area contributed by atoms with Gasteiger partial charge in [0.15, 0.2) is 0 Å². The van der Waals surface area contributed by atoms with Crippen LogP contribution in [-0.4, -0.2) is 6.54 Å². The van der Waals surface area contributed by atoms with Crippen molar-refractivity contribution in [3.63, 3.8) is 0 Å². The molecule has 0 saturated carbocycles. The molecule has 0 spiro atoms. The molecule has 1 aliphatic rings. The van der Waals surface area contributed by atoms with Crippen LogP contribution in [0.25, 0.3) is 0 Å². The summed E-state index contributed by atoms with van der Waals surface area (Å²) in [5, 5.41) is 3.72. The van der Waals surface area contributed by atoms with Crippen molar-refractivity contribution < 1.29 is 0 Å². The van der Waals surface area contributed by atoms with Gasteiger partial charge in [0.25, 0.3) is 0 Å². The van der Waals surface area contributed by atoms with Gasteiger partial charge in [-0.1, -0.05) is 48.0 Å². The third-order valence-electron chi connectivity index (χ3n) is 4.50. The van der Waals surface area contributed by atoms with Gasteiger partial charge < -0.3 is 5.32 Å². The van der Waals surface area contributed by atoms with E-state index in [-0.39, 0.29) is 0 Å². The van der Waals surface area contributed by atoms with E-state index in [9.17, 15) is 0 Å². The number of hydrogen-bond acceptors (Lipinski definition) is 1. The first-order chi connectivity index (χ1) is 9.66. The van der Waals surface area contributed by atoms with E-state index in [1.54, 1.807) is 0 Å². The summed E-state index contributed by atoms with van der Waals surface area (Å²) in [5.74, 6) is 0.594. The van der Waals surface area contributed by atoms with Crippen molar-refractivity contribution in [2.75, 3.05) is 6.54 Å². The Kier molecular flexibility index (Phi) is 3.62. The van der Waals surface area contributed by atoms with Gasteiger partial charge in [0.1, 0.15) is 0 Å². The predicted molar refractivity (Wildman–Crippen MR) is 85.2 cm³/mol. The second-order valence-electron chi connectivity index (χ2n) is 6.05. The summed E-state index contributed by atoms with van der Waals surface area (Å²) in [7, 11) is 0. The van der Waals surface area contributed by atoms with E-state index in [1.165, 1.54) is 34.2 Å². The molecule has 0 aromatic heterocycles. The Balaban J connectivity index is 2.01. The summed E-state index contributed by atoms with van der Waals surface area (Å²) in [5.41, 5.74) is 7.16. The highest BCUT2D eigenvalue weighted by Crippen LogP contribution is 2.40. The zero-order valence-corrected chi connectivity index (χ0v) is 12.6. The first kappa shape index (κ1) is 13.4. The third kappa shape index (κ3) is 2.38. The normalized spacial score (nSPS) is 22.1. The van der Waals surface area contributed by atoms with Crippen LogP contribution in [0.4, 0.5) is 0 Å². The average Bonchev–Trinajstić information content (AvgIpc) is 2.87. The number of aryl methyl sites for hydroxylation is 3. The van der Waals surface area contributed by atoms with Crippen molar-refractivity contribution in [1.82, 2.24) is 5.32 Å². The molecule has 0 bridgehead atoms. The van der Waals surface area contributed by atoms with Gasteiger partial charge in [0, 0.05) is 12.0 Å². The highest BCUT2D eigenvalue weighted by atomic mass is 15.0. The number of nitrogens with one attached hydrogen (secondary N) is 1. The molecule has 0 radical (unpaired) electrons. The molecule has 3 rings (SSSR count). The van der Waals surface area contributed by atoms with Gasteiger partial charge in [-0.2, -0.15) is 0 Å². The second-order valence-corrected chi connectivity index (χ2v) is 6.05. The molecule has 2 aromatic rings. The van der Waals surface area contributed by atoms with Crippen molar-refractivity contribution in [2.45, 2.75) is 39.2 Å². The molecule has 1 saturated heterocycles. The lowest BCUT2D eigenvalue weighted by atomic mass is 9.84. The van der Waals surface area contributed by atoms with Gasteiger partial charge in [0.05, 0.1) is 0 Å². The third-order valence-corrected chi connectivity index (χ3v) is 4.50. The van der Waals surface area contributed by atoms with Crippen molar-refractivity contribution in [2.24, 2.45) is 0 Å². The molecule has 1 nitrogen and oxygen atoms in total. The van der Waals surface area contributed by atoms with Crippen molar-refractivity contribution in [3.8, 4) is 0 Å². The molecule has 2 unspecified atom stereocenters. The highest BCUT2D eigenvalue weighted by Gasteiger charge is 2.31. The van der Waals surface area contributed by atoms with Crippen LogP contribution in [0.3, 0.4) is 0 Å². The smallest absolute Gasteiger partial charge is 0.0395 e. The molecule has 2 aromatic carbocycles. The Morgan fingerprint density at radius 3 is 2.25 bits per heavy atom. The summed E-state index contributed by atoms with van der Waals surface area (Å²) >= 11 is 0. The van der Waals surface area contributed by atoms with Gasteiger partial charge in [-0.3, -0.25) is 0 Å². The SMILES string of the molecule is Cc1cc(C)c(C2NCCC2c2ccccc2)c(C)c1. The van der Waals surface area contributed by atoms with E-state index in [1.807, 2.05) is 0 Å². The van der Waals surface area contributed by atoms with E-state index in [4.69, 9.17) is 0 Å². The fourth-order valence-electron chi connectivity index (χ4n) is 3.75. The van der Waals surface area contributed by atoms with E-state index >= 15 is 0 Å². The minimum Gasteiger partial charge on any atom is -0.309 e. The summed E-state index contributed by atoms with van der Waals surface area (Å²) in [6.45, 7) is 7.78. The molecular formula is C19H23N. The number of hydrogen-bond donors (Lipinski definition) is 1. The Morgan fingerprint density at radius 1 is 0.950 bits per heavy atom. The zero-order valence-electron chi connectivity index (χ0n) is 12.6. The minimum atomic E-state index is 0.456. The minimum absolute atomic E-state index is 0.456. The lowest BCUT2D eigenvalue weighted by molar-refractivity contribution is 0.572. The molecule has 1 aliphatic heterocycles. The molecule has 104 valence electrons. The molecule has 0 aliphatic carbocycles. The summed E-state index contributed by atoms with van der Waals surface area (Å²) < 4.78 is 0. The molecule has 1 heterocycles. The van der Waals surface area contributed by atoms with Crippen molar-refractivity contribution in [3.05, 3.63) is 70.3 Å². The standard InChI is InChI=1S/C19H23N/c1-13-11-14(2)18(15(3)12-13)19-17(9-10-20-19)16-7-5-4-6-8-16/h4-8,11-12,17,19-20H,9-10H2,1-3H3. The van der Waals surface area contributed by atoms with Gasteiger partial charge in [-0.25, -0.2) is 0 Å². The molecule has 1 heteroatoms. The summed E-state index contributed by atoms with van der Waals surface area (Å²) in [6.07, 6.45) is 1.22. The maximum atomic E-state index is 3.72. The molecule has 20 heavy (non-hydrogen) atoms. The number of benzene rings is 2. The van der Waals surface area contributed by atoms with Crippen LogP contribution in [0.1, 0.15) is 46.2 Å². The Bertz CT molecular complexity index is 577. The zero-order chi connectivity index (χ0) is 14.1. The molecule has 1 N–H and O–H groups in total. The van der Waals surface area contributed by atoms with E-state index in [0.29, 0.717) is 12.0 Å². The van der Waals surface area contributed by atoms with Gasteiger partial charge in [-0.15, -0.1) is 0 Å². The summed E-state index contributed by atoms with van der Waals surface area (Å²) in [6, 6.07) is 16.0. The summed E-state index contributed by atoms with van der Waals surface area (Å²) in [4.78, 5) is 0. The lowest BCUT2D eigenvalue weighted by Gasteiger charge is -2.24. The Morgan fingerprint density at radius 2 is 1.60 bits per heavy atom. The highest BCUT2D eigenvalue weighted by molar-refractivity contribution is 5.42. The van der Waals surface area contributed by atoms with Crippen LogP contribution in [0.5, 0.6) is 0 Å². The van der Waals surface area contributed by atoms with Crippen LogP contribution in [0, 0.1) is 20.8 Å². The van der Waals surface area contributed by atoms with Gasteiger partial charge in [0.2, 0.25) is 0 Å². The Labute approximate surface area is 122 Å². The monoisotopic (exact) mass is 265 g/mol. The maximum Gasteiger partial charge on any atom is 0.0395 e. The van der Waals surface area contributed by atoms with Crippen LogP contribution in [0.15, 0.2) is 42.5 Å². The number of rotatable bonds is 2. The quantitative estimate of drug-likeness (QED) is 0.847. The molecule has 2 atom stereocenters. The van der Waals surface area contributed by atoms with Crippen LogP contribution < -0.4 is 5.32 Å². The van der Waals surface area contributed by atoms with Crippen LogP contribution >= 0.6 is 0 Å². The molecule has 0 amide bonds. The van der Waals surface area contributed by atoms with E-state index in [2.05, 4.69) is 68.6 Å². The van der Waals surface area contributed by atoms with Crippen molar-refractivity contribution in [1.29, 1.82) is 0 Å². The topological polar surface area (TPSA) is 12.0 Å². The second kappa shape index (κ2) is 5.41. The first-order valence-electron chi connectivity index (χ1n) is 7.53. The van der Waals surface area contributed by atoms with Crippen LogP contribution in [-0.2, 0) is 0 Å². The fourth-order valence-corrected chi connectivity index (χ4v) is 3.75. The van der Waals surface area contributed by atoms with Gasteiger partial charge in [-0.05, 0) is 56.0 Å². The predicted octanol–water partition coefficient (Wildman–Crippen LogP) is 4.43.